The van der Waals surface area contributed by atoms with Gasteiger partial charge in [0.15, 0.2) is 0 Å². The van der Waals surface area contributed by atoms with E-state index >= 15 is 0 Å². The average molecular weight is 391 g/mol. The van der Waals surface area contributed by atoms with E-state index in [4.69, 9.17) is 4.42 Å². The normalized spacial score (nSPS) is 18.2. The third kappa shape index (κ3) is 3.83. The summed E-state index contributed by atoms with van der Waals surface area (Å²) in [5, 5.41) is 6.98. The molecule has 0 unspecified atom stereocenters. The lowest BCUT2D eigenvalue weighted by molar-refractivity contribution is -0.121. The van der Waals surface area contributed by atoms with Gasteiger partial charge in [-0.3, -0.25) is 4.79 Å². The van der Waals surface area contributed by atoms with Crippen LogP contribution in [0, 0.1) is 6.92 Å². The molecule has 29 heavy (non-hydrogen) atoms. The van der Waals surface area contributed by atoms with Crippen LogP contribution in [0.3, 0.4) is 0 Å². The van der Waals surface area contributed by atoms with Crippen molar-refractivity contribution in [2.24, 2.45) is 0 Å². The molecule has 1 aliphatic rings. The van der Waals surface area contributed by atoms with E-state index in [9.17, 15) is 9.59 Å². The minimum atomic E-state index is -0.303. The third-order valence-corrected chi connectivity index (χ3v) is 5.49. The first-order valence-corrected chi connectivity index (χ1v) is 9.91. The fourth-order valence-electron chi connectivity index (χ4n) is 3.99. The molecule has 3 aromatic rings. The maximum Gasteiger partial charge on any atom is 0.318 e. The zero-order valence-electron chi connectivity index (χ0n) is 16.6. The molecule has 2 atom stereocenters. The van der Waals surface area contributed by atoms with E-state index in [1.165, 1.54) is 0 Å². The summed E-state index contributed by atoms with van der Waals surface area (Å²) in [6.07, 6.45) is 0.246. The van der Waals surface area contributed by atoms with Crippen molar-refractivity contribution in [3.63, 3.8) is 0 Å². The van der Waals surface area contributed by atoms with Crippen LogP contribution in [0.25, 0.3) is 11.0 Å². The predicted octanol–water partition coefficient (Wildman–Crippen LogP) is 4.08. The van der Waals surface area contributed by atoms with Gasteiger partial charge in [-0.25, -0.2) is 4.79 Å². The standard InChI is InChI=1S/C23H25N3O3/c1-15-18-10-6-7-11-20(18)29-22(15)16(2)25-23(28)26-13-12-24-21(27)14-19(26)17-8-4-3-5-9-17/h3-11,16,19H,12-14H2,1-2H3,(H,24,27)(H,25,28)/t16-,19-/m1/s1. The molecular formula is C23H25N3O3. The average Bonchev–Trinajstić information content (AvgIpc) is 2.94. The fourth-order valence-corrected chi connectivity index (χ4v) is 3.99. The summed E-state index contributed by atoms with van der Waals surface area (Å²) < 4.78 is 6.00. The molecule has 1 aliphatic heterocycles. The molecule has 0 bridgehead atoms. The number of furan rings is 1. The molecule has 6 nitrogen and oxygen atoms in total. The Balaban J connectivity index is 1.57. The first-order valence-electron chi connectivity index (χ1n) is 9.91. The molecular weight excluding hydrogens is 366 g/mol. The van der Waals surface area contributed by atoms with Crippen molar-refractivity contribution in [1.82, 2.24) is 15.5 Å². The number of hydrogen-bond donors (Lipinski definition) is 2. The topological polar surface area (TPSA) is 74.6 Å². The Morgan fingerprint density at radius 2 is 1.90 bits per heavy atom. The number of rotatable bonds is 3. The van der Waals surface area contributed by atoms with Crippen molar-refractivity contribution >= 4 is 22.9 Å². The molecule has 6 heteroatoms. The van der Waals surface area contributed by atoms with Gasteiger partial charge in [-0.15, -0.1) is 0 Å². The minimum Gasteiger partial charge on any atom is -0.459 e. The van der Waals surface area contributed by atoms with Crippen molar-refractivity contribution in [2.45, 2.75) is 32.4 Å². The monoisotopic (exact) mass is 391 g/mol. The van der Waals surface area contributed by atoms with E-state index < -0.39 is 0 Å². The van der Waals surface area contributed by atoms with Crippen LogP contribution in [0.2, 0.25) is 0 Å². The molecule has 1 saturated heterocycles. The van der Waals surface area contributed by atoms with E-state index in [0.29, 0.717) is 13.1 Å². The number of hydrogen-bond acceptors (Lipinski definition) is 3. The van der Waals surface area contributed by atoms with Crippen molar-refractivity contribution in [3.05, 3.63) is 71.5 Å². The second kappa shape index (κ2) is 7.99. The Kier molecular flexibility index (Phi) is 5.25. The summed E-state index contributed by atoms with van der Waals surface area (Å²) in [4.78, 5) is 27.1. The van der Waals surface area contributed by atoms with E-state index in [-0.39, 0.29) is 30.4 Å². The largest absolute Gasteiger partial charge is 0.459 e. The number of urea groups is 1. The number of carbonyl (C=O) groups excluding carboxylic acids is 2. The molecule has 150 valence electrons. The summed E-state index contributed by atoms with van der Waals surface area (Å²) in [6, 6.07) is 16.7. The van der Waals surface area contributed by atoms with Crippen molar-refractivity contribution in [3.8, 4) is 0 Å². The fraction of sp³-hybridized carbons (Fsp3) is 0.304. The molecule has 4 rings (SSSR count). The van der Waals surface area contributed by atoms with Crippen molar-refractivity contribution in [1.29, 1.82) is 0 Å². The van der Waals surface area contributed by atoms with Crippen LogP contribution < -0.4 is 10.6 Å². The number of amides is 3. The van der Waals surface area contributed by atoms with Crippen molar-refractivity contribution < 1.29 is 14.0 Å². The van der Waals surface area contributed by atoms with Crippen molar-refractivity contribution in [2.75, 3.05) is 13.1 Å². The zero-order valence-corrected chi connectivity index (χ0v) is 16.6. The highest BCUT2D eigenvalue weighted by molar-refractivity contribution is 5.83. The van der Waals surface area contributed by atoms with Gasteiger partial charge >= 0.3 is 6.03 Å². The van der Waals surface area contributed by atoms with Crippen LogP contribution in [-0.2, 0) is 4.79 Å². The predicted molar refractivity (Wildman–Crippen MR) is 111 cm³/mol. The van der Waals surface area contributed by atoms with Gasteiger partial charge in [0.1, 0.15) is 11.3 Å². The van der Waals surface area contributed by atoms with Crippen LogP contribution in [0.5, 0.6) is 0 Å². The molecule has 3 amide bonds. The zero-order chi connectivity index (χ0) is 20.4. The summed E-state index contributed by atoms with van der Waals surface area (Å²) >= 11 is 0. The number of nitrogens with one attached hydrogen (secondary N) is 2. The minimum absolute atomic E-state index is 0.0460. The summed E-state index contributed by atoms with van der Waals surface area (Å²) in [7, 11) is 0. The van der Waals surface area contributed by atoms with Crippen LogP contribution in [0.15, 0.2) is 59.0 Å². The number of nitrogens with zero attached hydrogens (tertiary/aromatic N) is 1. The molecule has 1 aromatic heterocycles. The number of benzene rings is 2. The number of para-hydroxylation sites is 1. The van der Waals surface area contributed by atoms with E-state index in [1.807, 2.05) is 68.4 Å². The highest BCUT2D eigenvalue weighted by Gasteiger charge is 2.31. The SMILES string of the molecule is Cc1c([C@@H](C)NC(=O)N2CCNC(=O)C[C@@H]2c2ccccc2)oc2ccccc12. The summed E-state index contributed by atoms with van der Waals surface area (Å²) in [6.45, 7) is 4.81. The van der Waals surface area contributed by atoms with E-state index in [1.54, 1.807) is 4.90 Å². The van der Waals surface area contributed by atoms with Crippen LogP contribution in [-0.4, -0.2) is 29.9 Å². The van der Waals surface area contributed by atoms with Gasteiger partial charge in [0.05, 0.1) is 18.5 Å². The second-order valence-electron chi connectivity index (χ2n) is 7.43. The first kappa shape index (κ1) is 19.1. The molecule has 0 saturated carbocycles. The molecule has 1 fully saturated rings. The Bertz CT molecular complexity index is 1030. The Morgan fingerprint density at radius 1 is 1.17 bits per heavy atom. The third-order valence-electron chi connectivity index (χ3n) is 5.49. The van der Waals surface area contributed by atoms with Gasteiger partial charge in [0, 0.05) is 24.0 Å². The molecule has 0 aliphatic carbocycles. The van der Waals surface area contributed by atoms with E-state index in [2.05, 4.69) is 10.6 Å². The van der Waals surface area contributed by atoms with Gasteiger partial charge in [0.25, 0.3) is 0 Å². The first-order chi connectivity index (χ1) is 14.0. The Morgan fingerprint density at radius 3 is 2.66 bits per heavy atom. The number of carbonyl (C=O) groups is 2. The van der Waals surface area contributed by atoms with Crippen LogP contribution in [0.1, 0.15) is 42.3 Å². The van der Waals surface area contributed by atoms with Crippen LogP contribution >= 0.6 is 0 Å². The molecule has 2 aromatic carbocycles. The van der Waals surface area contributed by atoms with E-state index in [0.717, 1.165) is 27.9 Å². The van der Waals surface area contributed by atoms with Gasteiger partial charge in [-0.05, 0) is 25.5 Å². The van der Waals surface area contributed by atoms with Gasteiger partial charge < -0.3 is 20.0 Å². The lowest BCUT2D eigenvalue weighted by atomic mass is 10.0. The maximum absolute atomic E-state index is 13.2. The van der Waals surface area contributed by atoms with Crippen LogP contribution in [0.4, 0.5) is 4.79 Å². The molecule has 2 N–H and O–H groups in total. The highest BCUT2D eigenvalue weighted by Crippen LogP contribution is 2.30. The molecule has 0 radical (unpaired) electrons. The van der Waals surface area contributed by atoms with Gasteiger partial charge in [-0.1, -0.05) is 48.5 Å². The maximum atomic E-state index is 13.2. The lowest BCUT2D eigenvalue weighted by Gasteiger charge is -2.30. The van der Waals surface area contributed by atoms with Gasteiger partial charge in [-0.2, -0.15) is 0 Å². The Labute approximate surface area is 169 Å². The molecule has 0 spiro atoms. The number of aryl methyl sites for hydroxylation is 1. The highest BCUT2D eigenvalue weighted by atomic mass is 16.3. The quantitative estimate of drug-likeness (QED) is 0.707. The van der Waals surface area contributed by atoms with Gasteiger partial charge in [0.2, 0.25) is 5.91 Å². The molecule has 2 heterocycles. The second-order valence-corrected chi connectivity index (χ2v) is 7.43. The summed E-state index contributed by atoms with van der Waals surface area (Å²) in [5.41, 5.74) is 2.79. The lowest BCUT2D eigenvalue weighted by Crippen LogP contribution is -2.44. The Hall–Kier alpha value is -3.28. The smallest absolute Gasteiger partial charge is 0.318 e. The summed E-state index contributed by atoms with van der Waals surface area (Å²) in [5.74, 6) is 0.704. The number of fused-ring (bicyclic) bond motifs is 1.